The van der Waals surface area contributed by atoms with Crippen LogP contribution in [-0.2, 0) is 20.9 Å². The fourth-order valence-electron chi connectivity index (χ4n) is 2.21. The van der Waals surface area contributed by atoms with E-state index in [4.69, 9.17) is 9.47 Å². The molecule has 1 atom stereocenters. The number of esters is 1. The number of benzene rings is 1. The van der Waals surface area contributed by atoms with Crippen molar-refractivity contribution in [3.8, 4) is 0 Å². The predicted molar refractivity (Wildman–Crippen MR) is 92.5 cm³/mol. The van der Waals surface area contributed by atoms with E-state index < -0.39 is 6.09 Å². The highest BCUT2D eigenvalue weighted by Crippen LogP contribution is 2.06. The average molecular weight is 336 g/mol. The number of methoxy groups -OCH3 is 1. The van der Waals surface area contributed by atoms with E-state index in [0.717, 1.165) is 12.0 Å². The van der Waals surface area contributed by atoms with Crippen LogP contribution in [0.3, 0.4) is 0 Å². The fraction of sp³-hybridized carbons (Fsp3) is 0.556. The molecule has 0 spiro atoms. The van der Waals surface area contributed by atoms with Crippen LogP contribution in [0.15, 0.2) is 30.3 Å². The summed E-state index contributed by atoms with van der Waals surface area (Å²) in [5, 5.41) is 5.86. The standard InChI is InChI=1S/C18H28N2O4/c1-14(2)12-16(17(21)23-3)19-10-7-11-20-18(22)24-13-15-8-5-4-6-9-15/h4-6,8-9,14,16,19H,7,10-13H2,1-3H3,(H,20,22). The minimum Gasteiger partial charge on any atom is -0.468 e. The normalized spacial score (nSPS) is 11.8. The molecule has 6 nitrogen and oxygen atoms in total. The Bertz CT molecular complexity index is 491. The fourth-order valence-corrected chi connectivity index (χ4v) is 2.21. The number of amides is 1. The molecule has 2 N–H and O–H groups in total. The van der Waals surface area contributed by atoms with E-state index in [1.54, 1.807) is 0 Å². The molecule has 0 saturated heterocycles. The van der Waals surface area contributed by atoms with Gasteiger partial charge in [0, 0.05) is 6.54 Å². The molecule has 134 valence electrons. The third kappa shape index (κ3) is 8.53. The molecule has 1 rings (SSSR count). The van der Waals surface area contributed by atoms with Gasteiger partial charge < -0.3 is 20.1 Å². The molecule has 1 amide bonds. The van der Waals surface area contributed by atoms with Gasteiger partial charge in [-0.25, -0.2) is 4.79 Å². The molecule has 1 unspecified atom stereocenters. The molecule has 24 heavy (non-hydrogen) atoms. The molecule has 0 saturated carbocycles. The first kappa shape index (κ1) is 20.0. The zero-order chi connectivity index (χ0) is 17.8. The van der Waals surface area contributed by atoms with E-state index in [-0.39, 0.29) is 18.6 Å². The maximum Gasteiger partial charge on any atom is 0.407 e. The van der Waals surface area contributed by atoms with Crippen LogP contribution >= 0.6 is 0 Å². The first-order chi connectivity index (χ1) is 11.5. The smallest absolute Gasteiger partial charge is 0.407 e. The Morgan fingerprint density at radius 2 is 1.83 bits per heavy atom. The molecule has 1 aromatic carbocycles. The van der Waals surface area contributed by atoms with Crippen molar-refractivity contribution in [2.75, 3.05) is 20.2 Å². The van der Waals surface area contributed by atoms with Crippen molar-refractivity contribution in [3.05, 3.63) is 35.9 Å². The van der Waals surface area contributed by atoms with Gasteiger partial charge in [0.2, 0.25) is 0 Å². The van der Waals surface area contributed by atoms with E-state index in [9.17, 15) is 9.59 Å². The van der Waals surface area contributed by atoms with Gasteiger partial charge in [0.15, 0.2) is 0 Å². The summed E-state index contributed by atoms with van der Waals surface area (Å²) in [6, 6.07) is 9.21. The van der Waals surface area contributed by atoms with Crippen molar-refractivity contribution in [2.45, 2.75) is 39.3 Å². The third-order valence-electron chi connectivity index (χ3n) is 3.42. The minimum atomic E-state index is -0.439. The van der Waals surface area contributed by atoms with Gasteiger partial charge in [-0.1, -0.05) is 44.2 Å². The molecule has 0 heterocycles. The van der Waals surface area contributed by atoms with Crippen molar-refractivity contribution in [3.63, 3.8) is 0 Å². The molecule has 0 aromatic heterocycles. The topological polar surface area (TPSA) is 76.7 Å². The first-order valence-corrected chi connectivity index (χ1v) is 8.28. The lowest BCUT2D eigenvalue weighted by atomic mass is 10.0. The SMILES string of the molecule is COC(=O)C(CC(C)C)NCCCNC(=O)OCc1ccccc1. The Morgan fingerprint density at radius 1 is 1.12 bits per heavy atom. The van der Waals surface area contributed by atoms with Gasteiger partial charge in [-0.3, -0.25) is 4.79 Å². The third-order valence-corrected chi connectivity index (χ3v) is 3.42. The Balaban J connectivity index is 2.15. The number of carbonyl (C=O) groups excluding carboxylic acids is 2. The summed E-state index contributed by atoms with van der Waals surface area (Å²) < 4.78 is 9.91. The molecular formula is C18H28N2O4. The molecule has 0 bridgehead atoms. The number of hydrogen-bond donors (Lipinski definition) is 2. The molecule has 0 aliphatic carbocycles. The zero-order valence-corrected chi connectivity index (χ0v) is 14.7. The van der Waals surface area contributed by atoms with E-state index in [2.05, 4.69) is 24.5 Å². The quantitative estimate of drug-likeness (QED) is 0.507. The lowest BCUT2D eigenvalue weighted by Gasteiger charge is -2.18. The molecular weight excluding hydrogens is 308 g/mol. The summed E-state index contributed by atoms with van der Waals surface area (Å²) in [6.07, 6.45) is 0.983. The van der Waals surface area contributed by atoms with Crippen LogP contribution in [0, 0.1) is 5.92 Å². The monoisotopic (exact) mass is 336 g/mol. The number of ether oxygens (including phenoxy) is 2. The number of rotatable bonds is 10. The van der Waals surface area contributed by atoms with Crippen LogP contribution in [0.4, 0.5) is 4.79 Å². The van der Waals surface area contributed by atoms with E-state index in [1.165, 1.54) is 7.11 Å². The highest BCUT2D eigenvalue weighted by Gasteiger charge is 2.19. The van der Waals surface area contributed by atoms with Gasteiger partial charge in [0.25, 0.3) is 0 Å². The number of alkyl carbamates (subject to hydrolysis) is 1. The van der Waals surface area contributed by atoms with Gasteiger partial charge in [0.1, 0.15) is 12.6 Å². The number of nitrogens with one attached hydrogen (secondary N) is 2. The van der Waals surface area contributed by atoms with Crippen LogP contribution in [0.2, 0.25) is 0 Å². The second-order valence-electron chi connectivity index (χ2n) is 6.00. The van der Waals surface area contributed by atoms with Crippen LogP contribution < -0.4 is 10.6 Å². The number of carbonyl (C=O) groups is 2. The molecule has 0 fully saturated rings. The van der Waals surface area contributed by atoms with E-state index in [0.29, 0.717) is 25.4 Å². The summed E-state index contributed by atoms with van der Waals surface area (Å²) in [4.78, 5) is 23.3. The van der Waals surface area contributed by atoms with Gasteiger partial charge >= 0.3 is 12.1 Å². The summed E-state index contributed by atoms with van der Waals surface area (Å²) in [7, 11) is 1.39. The Labute approximate surface area is 143 Å². The Kier molecular flexibility index (Phi) is 9.53. The Morgan fingerprint density at radius 3 is 2.46 bits per heavy atom. The predicted octanol–water partition coefficient (Wildman–Crippen LogP) is 2.48. The molecule has 1 aromatic rings. The van der Waals surface area contributed by atoms with Gasteiger partial charge in [0.05, 0.1) is 7.11 Å². The van der Waals surface area contributed by atoms with Gasteiger partial charge in [-0.15, -0.1) is 0 Å². The van der Waals surface area contributed by atoms with Crippen molar-refractivity contribution in [1.82, 2.24) is 10.6 Å². The van der Waals surface area contributed by atoms with Crippen LogP contribution in [0.5, 0.6) is 0 Å². The molecule has 6 heteroatoms. The minimum absolute atomic E-state index is 0.251. The van der Waals surface area contributed by atoms with E-state index in [1.807, 2.05) is 30.3 Å². The van der Waals surface area contributed by atoms with Crippen LogP contribution in [0.25, 0.3) is 0 Å². The Hall–Kier alpha value is -2.08. The maximum atomic E-state index is 11.7. The van der Waals surface area contributed by atoms with Crippen molar-refractivity contribution >= 4 is 12.1 Å². The van der Waals surface area contributed by atoms with E-state index >= 15 is 0 Å². The first-order valence-electron chi connectivity index (χ1n) is 8.28. The van der Waals surface area contributed by atoms with Crippen molar-refractivity contribution < 1.29 is 19.1 Å². The largest absolute Gasteiger partial charge is 0.468 e. The maximum absolute atomic E-state index is 11.7. The zero-order valence-electron chi connectivity index (χ0n) is 14.7. The van der Waals surface area contributed by atoms with Crippen molar-refractivity contribution in [2.24, 2.45) is 5.92 Å². The molecule has 0 radical (unpaired) electrons. The number of hydrogen-bond acceptors (Lipinski definition) is 5. The second kappa shape index (κ2) is 11.5. The summed E-state index contributed by atoms with van der Waals surface area (Å²) in [5.41, 5.74) is 0.948. The molecule has 0 aliphatic rings. The summed E-state index contributed by atoms with van der Waals surface area (Å²) >= 11 is 0. The highest BCUT2D eigenvalue weighted by molar-refractivity contribution is 5.75. The summed E-state index contributed by atoms with van der Waals surface area (Å²) in [6.45, 7) is 5.47. The molecule has 0 aliphatic heterocycles. The van der Waals surface area contributed by atoms with Crippen molar-refractivity contribution in [1.29, 1.82) is 0 Å². The highest BCUT2D eigenvalue weighted by atomic mass is 16.5. The van der Waals surface area contributed by atoms with Gasteiger partial charge in [-0.2, -0.15) is 0 Å². The van der Waals surface area contributed by atoms with Crippen LogP contribution in [0.1, 0.15) is 32.3 Å². The summed E-state index contributed by atoms with van der Waals surface area (Å²) in [5.74, 6) is 0.145. The second-order valence-corrected chi connectivity index (χ2v) is 6.00. The lowest BCUT2D eigenvalue weighted by molar-refractivity contribution is -0.143. The van der Waals surface area contributed by atoms with Gasteiger partial charge in [-0.05, 0) is 30.9 Å². The average Bonchev–Trinajstić information content (AvgIpc) is 2.58. The van der Waals surface area contributed by atoms with Crippen LogP contribution in [-0.4, -0.2) is 38.3 Å². The lowest BCUT2D eigenvalue weighted by Crippen LogP contribution is -2.40.